The Labute approximate surface area is 119 Å². The largest absolute Gasteiger partial charge is 0.504 e. The molecule has 0 saturated carbocycles. The molecule has 0 aliphatic heterocycles. The highest BCUT2D eigenvalue weighted by atomic mass is 32.1. The first-order valence-corrected chi connectivity index (χ1v) is 6.82. The van der Waals surface area contributed by atoms with Gasteiger partial charge in [-0.3, -0.25) is 4.79 Å². The molecule has 1 aromatic carbocycles. The number of hydrogen-bond acceptors (Lipinski definition) is 6. The average Bonchev–Trinajstić information content (AvgIpc) is 2.78. The Kier molecular flexibility index (Phi) is 4.24. The van der Waals surface area contributed by atoms with E-state index in [4.69, 9.17) is 9.47 Å². The number of fused-ring (bicyclic) bond motifs is 1. The summed E-state index contributed by atoms with van der Waals surface area (Å²) in [5.74, 6) is -0.517. The number of phenols is 1. The smallest absolute Gasteiger partial charge is 0.315 e. The number of esters is 1. The van der Waals surface area contributed by atoms with Crippen LogP contribution in [0.4, 0.5) is 0 Å². The summed E-state index contributed by atoms with van der Waals surface area (Å²) < 4.78 is 11.1. The van der Waals surface area contributed by atoms with E-state index < -0.39 is 11.9 Å². The molecule has 0 spiro atoms. The van der Waals surface area contributed by atoms with Crippen LogP contribution >= 0.6 is 11.3 Å². The van der Waals surface area contributed by atoms with Crippen LogP contribution in [0, 0.1) is 5.92 Å². The Hall–Kier alpha value is -2.08. The molecule has 2 aromatic rings. The predicted molar refractivity (Wildman–Crippen MR) is 75.5 cm³/mol. The zero-order valence-corrected chi connectivity index (χ0v) is 11.9. The van der Waals surface area contributed by atoms with E-state index >= 15 is 0 Å². The number of ether oxygens (including phenoxy) is 2. The highest BCUT2D eigenvalue weighted by Crippen LogP contribution is 2.38. The summed E-state index contributed by atoms with van der Waals surface area (Å²) in [5.41, 5.74) is 0. The van der Waals surface area contributed by atoms with E-state index in [-0.39, 0.29) is 12.2 Å². The van der Waals surface area contributed by atoms with Crippen LogP contribution in [0.15, 0.2) is 18.2 Å². The maximum absolute atomic E-state index is 11.7. The predicted octanol–water partition coefficient (Wildman–Crippen LogP) is 2.75. The van der Waals surface area contributed by atoms with Gasteiger partial charge in [-0.05, 0) is 6.07 Å². The van der Waals surface area contributed by atoms with Crippen LogP contribution in [0.1, 0.15) is 13.3 Å². The fourth-order valence-corrected chi connectivity index (χ4v) is 2.61. The molecule has 0 saturated heterocycles. The molecule has 0 aliphatic rings. The molecule has 1 aromatic heterocycles. The van der Waals surface area contributed by atoms with Crippen LogP contribution in [0.25, 0.3) is 10.1 Å². The average molecular weight is 294 g/mol. The van der Waals surface area contributed by atoms with E-state index in [1.165, 1.54) is 18.4 Å². The van der Waals surface area contributed by atoms with E-state index in [0.717, 1.165) is 10.1 Å². The highest BCUT2D eigenvalue weighted by Gasteiger charge is 2.16. The summed E-state index contributed by atoms with van der Waals surface area (Å²) in [5, 5.41) is 10.9. The second-order valence-electron chi connectivity index (χ2n) is 4.35. The molecule has 5 nitrogen and oxygen atoms in total. The lowest BCUT2D eigenvalue weighted by atomic mass is 10.1. The van der Waals surface area contributed by atoms with Gasteiger partial charge in [-0.25, -0.2) is 0 Å². The minimum atomic E-state index is -0.472. The molecule has 1 N–H and O–H groups in total. The molecule has 0 amide bonds. The molecule has 20 heavy (non-hydrogen) atoms. The summed E-state index contributed by atoms with van der Waals surface area (Å²) in [6.07, 6.45) is 0.831. The first-order valence-electron chi connectivity index (χ1n) is 6.01. The third-order valence-corrected chi connectivity index (χ3v) is 3.82. The van der Waals surface area contributed by atoms with Crippen LogP contribution in [-0.4, -0.2) is 24.5 Å². The molecule has 6 heteroatoms. The number of hydrogen-bond donors (Lipinski definition) is 1. The van der Waals surface area contributed by atoms with Crippen molar-refractivity contribution in [1.29, 1.82) is 0 Å². The van der Waals surface area contributed by atoms with Crippen molar-refractivity contribution in [3.05, 3.63) is 18.2 Å². The van der Waals surface area contributed by atoms with Gasteiger partial charge in [0.05, 0.1) is 13.0 Å². The lowest BCUT2D eigenvalue weighted by Gasteiger charge is -2.05. The first-order chi connectivity index (χ1) is 9.55. The zero-order chi connectivity index (χ0) is 14.7. The lowest BCUT2D eigenvalue weighted by molar-refractivity contribution is -0.139. The monoisotopic (exact) mass is 294 g/mol. The van der Waals surface area contributed by atoms with Gasteiger partial charge in [0.1, 0.15) is 6.29 Å². The fourth-order valence-electron chi connectivity index (χ4n) is 1.69. The van der Waals surface area contributed by atoms with Gasteiger partial charge in [0.15, 0.2) is 16.6 Å². The van der Waals surface area contributed by atoms with Gasteiger partial charge in [-0.1, -0.05) is 18.3 Å². The van der Waals surface area contributed by atoms with Crippen molar-refractivity contribution in [2.24, 2.45) is 5.92 Å². The van der Waals surface area contributed by atoms with E-state index in [1.54, 1.807) is 25.1 Å². The molecule has 0 fully saturated rings. The third-order valence-electron chi connectivity index (χ3n) is 2.85. The molecule has 1 atom stereocenters. The van der Waals surface area contributed by atoms with Gasteiger partial charge >= 0.3 is 5.97 Å². The number of thiophene rings is 1. The lowest BCUT2D eigenvalue weighted by Crippen LogP contribution is -2.17. The number of methoxy groups -OCH3 is 1. The number of rotatable bonds is 5. The number of carbonyl (C=O) groups is 2. The Morgan fingerprint density at radius 1 is 1.45 bits per heavy atom. The maximum atomic E-state index is 11.7. The van der Waals surface area contributed by atoms with Crippen molar-refractivity contribution >= 4 is 33.7 Å². The van der Waals surface area contributed by atoms with Crippen molar-refractivity contribution in [2.75, 3.05) is 7.11 Å². The third kappa shape index (κ3) is 2.91. The normalized spacial score (nSPS) is 12.1. The second kappa shape index (κ2) is 5.92. The molecular weight excluding hydrogens is 280 g/mol. The summed E-state index contributed by atoms with van der Waals surface area (Å²) >= 11 is 1.28. The molecule has 1 heterocycles. The van der Waals surface area contributed by atoms with Gasteiger partial charge in [-0.2, -0.15) is 0 Å². The number of aromatic hydroxyl groups is 1. The summed E-state index contributed by atoms with van der Waals surface area (Å²) in [4.78, 5) is 22.1. The van der Waals surface area contributed by atoms with Gasteiger partial charge in [0.2, 0.25) is 0 Å². The van der Waals surface area contributed by atoms with E-state index in [1.807, 2.05) is 0 Å². The minimum absolute atomic E-state index is 0.0324. The zero-order valence-electron chi connectivity index (χ0n) is 11.1. The summed E-state index contributed by atoms with van der Waals surface area (Å²) in [6, 6.07) is 4.91. The van der Waals surface area contributed by atoms with Crippen LogP contribution in [-0.2, 0) is 9.59 Å². The topological polar surface area (TPSA) is 72.8 Å². The van der Waals surface area contributed by atoms with Crippen LogP contribution in [0.5, 0.6) is 16.6 Å². The van der Waals surface area contributed by atoms with Gasteiger partial charge in [-0.15, -0.1) is 0 Å². The molecular formula is C14H14O5S. The van der Waals surface area contributed by atoms with Gasteiger partial charge in [0, 0.05) is 28.6 Å². The maximum Gasteiger partial charge on any atom is 0.315 e. The van der Waals surface area contributed by atoms with Crippen molar-refractivity contribution in [2.45, 2.75) is 13.3 Å². The highest BCUT2D eigenvalue weighted by molar-refractivity contribution is 7.20. The molecule has 0 radical (unpaired) electrons. The number of carbonyl (C=O) groups excluding carboxylic acids is 2. The molecule has 106 valence electrons. The number of benzene rings is 1. The summed E-state index contributed by atoms with van der Waals surface area (Å²) in [6.45, 7) is 1.64. The number of phenolic OH excluding ortho intramolecular Hbond substituents is 1. The van der Waals surface area contributed by atoms with E-state index in [2.05, 4.69) is 0 Å². The van der Waals surface area contributed by atoms with E-state index in [9.17, 15) is 14.7 Å². The fraction of sp³-hybridized carbons (Fsp3) is 0.286. The van der Waals surface area contributed by atoms with Crippen molar-refractivity contribution < 1.29 is 24.2 Å². The molecule has 2 rings (SSSR count). The SMILES string of the molecule is COc1cc2sc(OC(=O)C(C)CC=O)cc2cc1O. The standard InChI is InChI=1S/C14H14O5S/c1-8(3-4-15)14(17)19-13-6-9-5-10(16)11(18-2)7-12(9)20-13/h4-8,16H,3H2,1-2H3. The van der Waals surface area contributed by atoms with Crippen molar-refractivity contribution in [1.82, 2.24) is 0 Å². The Bertz CT molecular complexity index is 646. The van der Waals surface area contributed by atoms with E-state index in [0.29, 0.717) is 17.1 Å². The van der Waals surface area contributed by atoms with Crippen molar-refractivity contribution in [3.63, 3.8) is 0 Å². The quantitative estimate of drug-likeness (QED) is 0.678. The van der Waals surface area contributed by atoms with Crippen LogP contribution < -0.4 is 9.47 Å². The van der Waals surface area contributed by atoms with Crippen LogP contribution in [0.3, 0.4) is 0 Å². The summed E-state index contributed by atoms with van der Waals surface area (Å²) in [7, 11) is 1.47. The van der Waals surface area contributed by atoms with Crippen molar-refractivity contribution in [3.8, 4) is 16.6 Å². The molecule has 1 unspecified atom stereocenters. The van der Waals surface area contributed by atoms with Gasteiger partial charge < -0.3 is 19.4 Å². The molecule has 0 bridgehead atoms. The Balaban J connectivity index is 2.24. The first kappa shape index (κ1) is 14.3. The Morgan fingerprint density at radius 2 is 2.20 bits per heavy atom. The van der Waals surface area contributed by atoms with Gasteiger partial charge in [0.25, 0.3) is 0 Å². The van der Waals surface area contributed by atoms with Crippen LogP contribution in [0.2, 0.25) is 0 Å². The minimum Gasteiger partial charge on any atom is -0.504 e. The second-order valence-corrected chi connectivity index (χ2v) is 5.40. The Morgan fingerprint density at radius 3 is 2.85 bits per heavy atom. The molecule has 0 aliphatic carbocycles. The number of aldehydes is 1.